The van der Waals surface area contributed by atoms with Gasteiger partial charge in [-0.25, -0.2) is 4.79 Å². The molecule has 2 amide bonds. The molecule has 0 bridgehead atoms. The van der Waals surface area contributed by atoms with Crippen LogP contribution in [0.25, 0.3) is 0 Å². The molecule has 22 heavy (non-hydrogen) atoms. The summed E-state index contributed by atoms with van der Waals surface area (Å²) >= 11 is 3.40. The molecule has 0 atom stereocenters. The Morgan fingerprint density at radius 2 is 1.77 bits per heavy atom. The van der Waals surface area contributed by atoms with Crippen LogP contribution < -0.4 is 15.4 Å². The number of urea groups is 1. The molecule has 2 rings (SSSR count). The average Bonchev–Trinajstić information content (AvgIpc) is 2.43. The van der Waals surface area contributed by atoms with Gasteiger partial charge in [0, 0.05) is 10.2 Å². The van der Waals surface area contributed by atoms with Crippen LogP contribution in [0.2, 0.25) is 0 Å². The lowest BCUT2D eigenvalue weighted by molar-refractivity contribution is 0.243. The van der Waals surface area contributed by atoms with Crippen molar-refractivity contribution in [3.63, 3.8) is 0 Å². The summed E-state index contributed by atoms with van der Waals surface area (Å²) in [6.45, 7) is 5.83. The maximum atomic E-state index is 12.2. The van der Waals surface area contributed by atoms with Gasteiger partial charge in [0.1, 0.15) is 5.75 Å². The number of hydrogen-bond acceptors (Lipinski definition) is 2. The smallest absolute Gasteiger partial charge is 0.323 e. The maximum Gasteiger partial charge on any atom is 0.323 e. The monoisotopic (exact) mass is 362 g/mol. The SMILES string of the molecule is Cc1cc(Br)ccc1NC(=O)Nc1ccccc1OC(C)C. The zero-order valence-electron chi connectivity index (χ0n) is 12.8. The van der Waals surface area contributed by atoms with Crippen molar-refractivity contribution in [1.29, 1.82) is 0 Å². The number of carbonyl (C=O) groups is 1. The lowest BCUT2D eigenvalue weighted by atomic mass is 10.2. The molecular formula is C17H19BrN2O2. The number of nitrogens with one attached hydrogen (secondary N) is 2. The van der Waals surface area contributed by atoms with E-state index in [1.54, 1.807) is 0 Å². The van der Waals surface area contributed by atoms with E-state index in [0.29, 0.717) is 11.4 Å². The van der Waals surface area contributed by atoms with Crippen molar-refractivity contribution in [1.82, 2.24) is 0 Å². The van der Waals surface area contributed by atoms with Gasteiger partial charge in [-0.1, -0.05) is 28.1 Å². The van der Waals surface area contributed by atoms with Crippen molar-refractivity contribution in [3.05, 3.63) is 52.5 Å². The van der Waals surface area contributed by atoms with Crippen LogP contribution in [-0.2, 0) is 0 Å². The quantitative estimate of drug-likeness (QED) is 0.786. The number of amides is 2. The maximum absolute atomic E-state index is 12.2. The topological polar surface area (TPSA) is 50.4 Å². The molecule has 0 unspecified atom stereocenters. The molecule has 116 valence electrons. The zero-order valence-corrected chi connectivity index (χ0v) is 14.4. The van der Waals surface area contributed by atoms with Crippen LogP contribution in [0.5, 0.6) is 5.75 Å². The van der Waals surface area contributed by atoms with Gasteiger partial charge in [0.15, 0.2) is 0 Å². The fourth-order valence-corrected chi connectivity index (χ4v) is 2.45. The minimum Gasteiger partial charge on any atom is -0.489 e. The van der Waals surface area contributed by atoms with Gasteiger partial charge < -0.3 is 15.4 Å². The predicted molar refractivity (Wildman–Crippen MR) is 93.7 cm³/mol. The summed E-state index contributed by atoms with van der Waals surface area (Å²) in [5, 5.41) is 5.66. The normalized spacial score (nSPS) is 10.4. The first kappa shape index (κ1) is 16.4. The Kier molecular flexibility index (Phi) is 5.44. The van der Waals surface area contributed by atoms with Crippen molar-refractivity contribution in [2.75, 3.05) is 10.6 Å². The van der Waals surface area contributed by atoms with Gasteiger partial charge >= 0.3 is 6.03 Å². The minimum absolute atomic E-state index is 0.0414. The summed E-state index contributed by atoms with van der Waals surface area (Å²) in [6, 6.07) is 12.8. The fourth-order valence-electron chi connectivity index (χ4n) is 1.97. The van der Waals surface area contributed by atoms with E-state index in [1.807, 2.05) is 63.2 Å². The molecule has 0 aliphatic rings. The predicted octanol–water partition coefficient (Wildman–Crippen LogP) is 5.19. The molecule has 2 aromatic rings. The van der Waals surface area contributed by atoms with E-state index in [9.17, 15) is 4.79 Å². The van der Waals surface area contributed by atoms with Gasteiger partial charge in [-0.05, 0) is 56.7 Å². The first-order chi connectivity index (χ1) is 10.5. The Balaban J connectivity index is 2.09. The highest BCUT2D eigenvalue weighted by Crippen LogP contribution is 2.25. The highest BCUT2D eigenvalue weighted by atomic mass is 79.9. The van der Waals surface area contributed by atoms with E-state index in [2.05, 4.69) is 26.6 Å². The number of carbonyl (C=O) groups excluding carboxylic acids is 1. The fraction of sp³-hybridized carbons (Fsp3) is 0.235. The number of benzene rings is 2. The number of anilines is 2. The number of rotatable bonds is 4. The van der Waals surface area contributed by atoms with E-state index < -0.39 is 0 Å². The van der Waals surface area contributed by atoms with Crippen molar-refractivity contribution < 1.29 is 9.53 Å². The van der Waals surface area contributed by atoms with Crippen molar-refractivity contribution in [2.24, 2.45) is 0 Å². The van der Waals surface area contributed by atoms with Crippen LogP contribution in [0.15, 0.2) is 46.9 Å². The molecular weight excluding hydrogens is 344 g/mol. The van der Waals surface area contributed by atoms with Crippen LogP contribution in [0.4, 0.5) is 16.2 Å². The molecule has 2 aromatic carbocycles. The summed E-state index contributed by atoms with van der Waals surface area (Å²) in [5.41, 5.74) is 2.39. The van der Waals surface area contributed by atoms with E-state index in [0.717, 1.165) is 15.7 Å². The van der Waals surface area contributed by atoms with Crippen molar-refractivity contribution in [2.45, 2.75) is 26.9 Å². The van der Waals surface area contributed by atoms with E-state index in [4.69, 9.17) is 4.74 Å². The first-order valence-corrected chi connectivity index (χ1v) is 7.85. The van der Waals surface area contributed by atoms with Crippen LogP contribution in [0, 0.1) is 6.92 Å². The third-order valence-electron chi connectivity index (χ3n) is 2.93. The number of halogens is 1. The summed E-state index contributed by atoms with van der Waals surface area (Å²) in [7, 11) is 0. The van der Waals surface area contributed by atoms with Gasteiger partial charge in [0.2, 0.25) is 0 Å². The molecule has 0 aliphatic heterocycles. The van der Waals surface area contributed by atoms with Gasteiger partial charge in [-0.3, -0.25) is 0 Å². The summed E-state index contributed by atoms with van der Waals surface area (Å²) in [6.07, 6.45) is 0.0414. The second kappa shape index (κ2) is 7.31. The second-order valence-electron chi connectivity index (χ2n) is 5.20. The molecule has 0 saturated heterocycles. The van der Waals surface area contributed by atoms with Gasteiger partial charge in [0.25, 0.3) is 0 Å². The number of aryl methyl sites for hydroxylation is 1. The largest absolute Gasteiger partial charge is 0.489 e. The Bertz CT molecular complexity index is 671. The molecule has 5 heteroatoms. The Morgan fingerprint density at radius 1 is 1.09 bits per heavy atom. The lowest BCUT2D eigenvalue weighted by Crippen LogP contribution is -2.21. The summed E-state index contributed by atoms with van der Waals surface area (Å²) in [5.74, 6) is 0.653. The summed E-state index contributed by atoms with van der Waals surface area (Å²) in [4.78, 5) is 12.2. The Morgan fingerprint density at radius 3 is 2.45 bits per heavy atom. The van der Waals surface area contributed by atoms with Crippen LogP contribution in [0.3, 0.4) is 0 Å². The second-order valence-corrected chi connectivity index (χ2v) is 6.12. The highest BCUT2D eigenvalue weighted by Gasteiger charge is 2.09. The molecule has 0 radical (unpaired) electrons. The Labute approximate surface area is 139 Å². The molecule has 0 heterocycles. The minimum atomic E-state index is -0.301. The standard InChI is InChI=1S/C17H19BrN2O2/c1-11(2)22-16-7-5-4-6-15(16)20-17(21)19-14-9-8-13(18)10-12(14)3/h4-11H,1-3H3,(H2,19,20,21). The highest BCUT2D eigenvalue weighted by molar-refractivity contribution is 9.10. The zero-order chi connectivity index (χ0) is 16.1. The third-order valence-corrected chi connectivity index (χ3v) is 3.43. The molecule has 2 N–H and O–H groups in total. The average molecular weight is 363 g/mol. The molecule has 0 aliphatic carbocycles. The van der Waals surface area contributed by atoms with Gasteiger partial charge in [0.05, 0.1) is 11.8 Å². The number of para-hydroxylation sites is 2. The van der Waals surface area contributed by atoms with E-state index >= 15 is 0 Å². The summed E-state index contributed by atoms with van der Waals surface area (Å²) < 4.78 is 6.67. The van der Waals surface area contributed by atoms with Crippen LogP contribution in [0.1, 0.15) is 19.4 Å². The molecule has 4 nitrogen and oxygen atoms in total. The van der Waals surface area contributed by atoms with Crippen LogP contribution in [-0.4, -0.2) is 12.1 Å². The third kappa shape index (κ3) is 4.49. The lowest BCUT2D eigenvalue weighted by Gasteiger charge is -2.15. The van der Waals surface area contributed by atoms with Gasteiger partial charge in [-0.15, -0.1) is 0 Å². The van der Waals surface area contributed by atoms with Crippen molar-refractivity contribution >= 4 is 33.3 Å². The molecule has 0 spiro atoms. The van der Waals surface area contributed by atoms with E-state index in [-0.39, 0.29) is 12.1 Å². The first-order valence-electron chi connectivity index (χ1n) is 7.05. The molecule has 0 saturated carbocycles. The Hall–Kier alpha value is -2.01. The molecule has 0 fully saturated rings. The van der Waals surface area contributed by atoms with E-state index in [1.165, 1.54) is 0 Å². The van der Waals surface area contributed by atoms with Crippen molar-refractivity contribution in [3.8, 4) is 5.75 Å². The molecule has 0 aromatic heterocycles. The number of ether oxygens (including phenoxy) is 1. The number of hydrogen-bond donors (Lipinski definition) is 2. The van der Waals surface area contributed by atoms with Crippen LogP contribution >= 0.6 is 15.9 Å². The van der Waals surface area contributed by atoms with Gasteiger partial charge in [-0.2, -0.15) is 0 Å².